The third kappa shape index (κ3) is 2.13. The summed E-state index contributed by atoms with van der Waals surface area (Å²) in [6, 6.07) is 26.6. The normalized spacial score (nSPS) is 15.7. The molecule has 0 aromatic heterocycles. The minimum absolute atomic E-state index is 0.454. The Labute approximate surface area is 138 Å². The molecule has 1 nitrogen and oxygen atoms in total. The van der Waals surface area contributed by atoms with Gasteiger partial charge in [-0.05, 0) is 52.1 Å². The molecule has 3 aromatic rings. The summed E-state index contributed by atoms with van der Waals surface area (Å²) in [5.74, 6) is 0. The van der Waals surface area contributed by atoms with E-state index in [1.807, 2.05) is 0 Å². The predicted octanol–water partition coefficient (Wildman–Crippen LogP) is 4.85. The molecule has 0 fully saturated rings. The standard InChI is InChI=1S/C21H20OS/c1-23(17-12-10-16(11-13-17)14-15-22)20-8-4-2-6-18(20)19-7-3-5-9-21(19)23/h2-13,22H,14-15H2,1H3/p+1. The number of hydrogen-bond acceptors (Lipinski definition) is 0. The lowest BCUT2D eigenvalue weighted by molar-refractivity contribution is 0.299. The molecule has 1 aliphatic rings. The fourth-order valence-electron chi connectivity index (χ4n) is 3.54. The zero-order valence-electron chi connectivity index (χ0n) is 13.3. The Morgan fingerprint density at radius 2 is 1.26 bits per heavy atom. The van der Waals surface area contributed by atoms with Crippen LogP contribution < -0.4 is 0 Å². The number of fused-ring (bicyclic) bond motifs is 3. The Bertz CT molecular complexity index is 806. The van der Waals surface area contributed by atoms with Crippen LogP contribution in [0, 0.1) is 0 Å². The van der Waals surface area contributed by atoms with E-state index < -0.39 is 10.0 Å². The van der Waals surface area contributed by atoms with Gasteiger partial charge in [0.05, 0.1) is 0 Å². The first-order valence-corrected chi connectivity index (χ1v) is 10.00. The third-order valence-corrected chi connectivity index (χ3v) is 8.44. The molecule has 0 bridgehead atoms. The highest BCUT2D eigenvalue weighted by atomic mass is 32.3. The zero-order chi connectivity index (χ0) is 15.9. The van der Waals surface area contributed by atoms with Crippen LogP contribution >= 0.6 is 10.0 Å². The molecule has 0 amide bonds. The molecule has 0 atom stereocenters. The number of benzene rings is 3. The van der Waals surface area contributed by atoms with Crippen molar-refractivity contribution in [2.24, 2.45) is 0 Å². The van der Waals surface area contributed by atoms with E-state index in [1.54, 1.807) is 0 Å². The van der Waals surface area contributed by atoms with Crippen molar-refractivity contribution in [3.05, 3.63) is 78.4 Å². The minimum atomic E-state index is -1.18. The molecule has 3 aromatic carbocycles. The van der Waals surface area contributed by atoms with Crippen LogP contribution in [-0.4, -0.2) is 18.0 Å². The van der Waals surface area contributed by atoms with Gasteiger partial charge in [-0.2, -0.15) is 10.0 Å². The van der Waals surface area contributed by atoms with Crippen molar-refractivity contribution in [3.63, 3.8) is 0 Å². The third-order valence-electron chi connectivity index (χ3n) is 4.75. The molecule has 4 rings (SSSR count). The van der Waals surface area contributed by atoms with Gasteiger partial charge in [0.2, 0.25) is 0 Å². The summed E-state index contributed by atoms with van der Waals surface area (Å²) in [5.41, 5.74) is 4.03. The average Bonchev–Trinajstić information content (AvgIpc) is 2.87. The topological polar surface area (TPSA) is 22.9 Å². The van der Waals surface area contributed by atoms with E-state index in [0.29, 0.717) is 6.61 Å². The second kappa shape index (κ2) is 5.55. The van der Waals surface area contributed by atoms with E-state index in [4.69, 9.17) is 5.11 Å². The lowest BCUT2D eigenvalue weighted by atomic mass is 10.1. The van der Waals surface area contributed by atoms with Gasteiger partial charge in [-0.1, -0.05) is 48.5 Å². The molecule has 1 heterocycles. The van der Waals surface area contributed by atoms with Crippen molar-refractivity contribution in [3.8, 4) is 11.1 Å². The Kier molecular flexibility index (Phi) is 3.51. The van der Waals surface area contributed by atoms with Crippen molar-refractivity contribution in [1.82, 2.24) is 0 Å². The highest BCUT2D eigenvalue weighted by Gasteiger charge is 2.36. The lowest BCUT2D eigenvalue weighted by Gasteiger charge is -2.34. The summed E-state index contributed by atoms with van der Waals surface area (Å²) in [7, 11) is -1.18. The summed E-state index contributed by atoms with van der Waals surface area (Å²) in [5, 5.41) is 7.40. The first kappa shape index (κ1) is 14.6. The molecule has 2 N–H and O–H groups in total. The highest BCUT2D eigenvalue weighted by molar-refractivity contribution is 8.33. The van der Waals surface area contributed by atoms with Gasteiger partial charge in [0.15, 0.2) is 0 Å². The van der Waals surface area contributed by atoms with Crippen LogP contribution in [0.25, 0.3) is 11.1 Å². The smallest absolute Gasteiger partial charge is 0.147 e. The fourth-order valence-corrected chi connectivity index (χ4v) is 6.90. The molecule has 116 valence electrons. The molecule has 1 aliphatic heterocycles. The average molecular weight is 321 g/mol. The maximum Gasteiger partial charge on any atom is 0.147 e. The lowest BCUT2D eigenvalue weighted by Crippen LogP contribution is -1.98. The molecule has 0 radical (unpaired) electrons. The van der Waals surface area contributed by atoms with E-state index in [-0.39, 0.29) is 0 Å². The van der Waals surface area contributed by atoms with Gasteiger partial charge in [0.25, 0.3) is 0 Å². The predicted molar refractivity (Wildman–Crippen MR) is 98.8 cm³/mol. The zero-order valence-corrected chi connectivity index (χ0v) is 14.1. The van der Waals surface area contributed by atoms with E-state index in [2.05, 4.69) is 79.1 Å². The second-order valence-corrected chi connectivity index (χ2v) is 9.24. The molecule has 0 saturated carbocycles. The molecule has 23 heavy (non-hydrogen) atoms. The Balaban J connectivity index is 1.92. The Morgan fingerprint density at radius 3 is 1.78 bits per heavy atom. The van der Waals surface area contributed by atoms with Gasteiger partial charge in [0, 0.05) is 16.2 Å². The minimum Gasteiger partial charge on any atom is -0.445 e. The summed E-state index contributed by atoms with van der Waals surface area (Å²) in [4.78, 5) is 4.34. The van der Waals surface area contributed by atoms with Gasteiger partial charge in [0.1, 0.15) is 6.61 Å². The van der Waals surface area contributed by atoms with Crippen LogP contribution in [0.15, 0.2) is 87.5 Å². The first-order chi connectivity index (χ1) is 11.2. The molecule has 0 saturated heterocycles. The second-order valence-electron chi connectivity index (χ2n) is 6.05. The SMILES string of the molecule is CS1(c2ccc(CC[OH2+])cc2)c2ccccc2-c2ccccc21. The maximum atomic E-state index is 7.40. The fraction of sp³-hybridized carbons (Fsp3) is 0.143. The van der Waals surface area contributed by atoms with Crippen molar-refractivity contribution < 1.29 is 5.11 Å². The van der Waals surface area contributed by atoms with Crippen molar-refractivity contribution >= 4 is 10.0 Å². The van der Waals surface area contributed by atoms with Gasteiger partial charge in [-0.15, -0.1) is 0 Å². The molecular weight excluding hydrogens is 300 g/mol. The van der Waals surface area contributed by atoms with E-state index in [0.717, 1.165) is 6.42 Å². The summed E-state index contributed by atoms with van der Waals surface area (Å²) >= 11 is 0. The van der Waals surface area contributed by atoms with Gasteiger partial charge < -0.3 is 5.11 Å². The van der Waals surface area contributed by atoms with Gasteiger partial charge in [-0.25, -0.2) is 0 Å². The van der Waals surface area contributed by atoms with Gasteiger partial charge >= 0.3 is 0 Å². The number of hydrogen-bond donors (Lipinski definition) is 0. The van der Waals surface area contributed by atoms with Crippen LogP contribution in [0.5, 0.6) is 0 Å². The summed E-state index contributed by atoms with van der Waals surface area (Å²) in [6.07, 6.45) is 3.25. The summed E-state index contributed by atoms with van der Waals surface area (Å²) < 4.78 is 0. The maximum absolute atomic E-state index is 7.40. The molecule has 0 spiro atoms. The van der Waals surface area contributed by atoms with Crippen LogP contribution in [0.2, 0.25) is 0 Å². The molecule has 2 heteroatoms. The van der Waals surface area contributed by atoms with Gasteiger partial charge in [-0.3, -0.25) is 0 Å². The van der Waals surface area contributed by atoms with Crippen molar-refractivity contribution in [1.29, 1.82) is 0 Å². The summed E-state index contributed by atoms with van der Waals surface area (Å²) in [6.45, 7) is 0.454. The Morgan fingerprint density at radius 1 is 0.739 bits per heavy atom. The van der Waals surface area contributed by atoms with Crippen molar-refractivity contribution in [2.75, 3.05) is 12.9 Å². The van der Waals surface area contributed by atoms with Crippen LogP contribution in [0.3, 0.4) is 0 Å². The largest absolute Gasteiger partial charge is 0.445 e. The quantitative estimate of drug-likeness (QED) is 0.616. The molecule has 0 aliphatic carbocycles. The van der Waals surface area contributed by atoms with Crippen molar-refractivity contribution in [2.45, 2.75) is 21.1 Å². The molecular formula is C21H21OS+. The van der Waals surface area contributed by atoms with E-state index in [9.17, 15) is 0 Å². The number of rotatable bonds is 3. The molecule has 0 unspecified atom stereocenters. The van der Waals surface area contributed by atoms with E-state index >= 15 is 0 Å². The monoisotopic (exact) mass is 321 g/mol. The van der Waals surface area contributed by atoms with Crippen LogP contribution in [0.4, 0.5) is 0 Å². The van der Waals surface area contributed by atoms with Crippen LogP contribution in [-0.2, 0) is 6.42 Å². The highest BCUT2D eigenvalue weighted by Crippen LogP contribution is 2.73. The van der Waals surface area contributed by atoms with Crippen LogP contribution in [0.1, 0.15) is 5.56 Å². The Hall–Kier alpha value is -2.03. The first-order valence-electron chi connectivity index (χ1n) is 7.95. The van der Waals surface area contributed by atoms with E-state index in [1.165, 1.54) is 31.4 Å².